The van der Waals surface area contributed by atoms with E-state index in [1.54, 1.807) is 30.3 Å². The predicted octanol–water partition coefficient (Wildman–Crippen LogP) is 5.53. The van der Waals surface area contributed by atoms with Crippen molar-refractivity contribution in [3.8, 4) is 11.5 Å². The number of carbonyl (C=O) groups excluding carboxylic acids is 2. The second-order valence-corrected chi connectivity index (χ2v) is 9.39. The number of rotatable bonds is 5. The topological polar surface area (TPSA) is 89.0 Å². The van der Waals surface area contributed by atoms with Gasteiger partial charge in [-0.15, -0.1) is 0 Å². The van der Waals surface area contributed by atoms with Crippen molar-refractivity contribution < 1.29 is 33.0 Å². The Morgan fingerprint density at radius 3 is 2.43 bits per heavy atom. The van der Waals surface area contributed by atoms with Gasteiger partial charge >= 0.3 is 5.91 Å². The number of nitrogens with zero attached hydrogens (tertiary/aromatic N) is 2. The number of benzene rings is 3. The first-order chi connectivity index (χ1) is 17.7. The number of hydrogen-bond donors (Lipinski definition) is 1. The maximum Gasteiger partial charge on any atom is 0.301 e. The Hall–Kier alpha value is -4.31. The van der Waals surface area contributed by atoms with Crippen molar-refractivity contribution in [3.63, 3.8) is 0 Å². The van der Waals surface area contributed by atoms with Crippen molar-refractivity contribution in [1.29, 1.82) is 0 Å². The molecule has 1 aliphatic rings. The van der Waals surface area contributed by atoms with Crippen LogP contribution >= 0.6 is 11.3 Å². The van der Waals surface area contributed by atoms with Crippen molar-refractivity contribution >= 4 is 44.1 Å². The molecular formula is C27H20F2N2O5S. The SMILES string of the molecule is COc1ccc(/C(O)=C2\C(=O)C(=O)N(c3nc4cc(F)c(F)cc4s3)C2c2cccc(C)c2)cc1OC. The Balaban J connectivity index is 1.73. The third kappa shape index (κ3) is 4.09. The summed E-state index contributed by atoms with van der Waals surface area (Å²) in [5, 5.41) is 11.4. The molecule has 188 valence electrons. The Kier molecular flexibility index (Phi) is 6.12. The van der Waals surface area contributed by atoms with E-state index in [9.17, 15) is 23.5 Å². The van der Waals surface area contributed by atoms with Crippen molar-refractivity contribution in [3.05, 3.63) is 88.5 Å². The van der Waals surface area contributed by atoms with Gasteiger partial charge in [-0.2, -0.15) is 0 Å². The summed E-state index contributed by atoms with van der Waals surface area (Å²) in [4.78, 5) is 32.2. The summed E-state index contributed by atoms with van der Waals surface area (Å²) in [7, 11) is 2.91. The van der Waals surface area contributed by atoms with Crippen LogP contribution in [0.5, 0.6) is 11.5 Å². The Labute approximate surface area is 214 Å². The van der Waals surface area contributed by atoms with Crippen molar-refractivity contribution in [2.24, 2.45) is 0 Å². The highest BCUT2D eigenvalue weighted by molar-refractivity contribution is 7.22. The van der Waals surface area contributed by atoms with Gasteiger partial charge in [0.1, 0.15) is 5.76 Å². The molecule has 1 amide bonds. The Bertz CT molecular complexity index is 1570. The Morgan fingerprint density at radius 1 is 1.00 bits per heavy atom. The fraction of sp³-hybridized carbons (Fsp3) is 0.148. The van der Waals surface area contributed by atoms with Gasteiger partial charge in [-0.25, -0.2) is 13.8 Å². The van der Waals surface area contributed by atoms with E-state index in [2.05, 4.69) is 4.98 Å². The lowest BCUT2D eigenvalue weighted by Gasteiger charge is -2.23. The van der Waals surface area contributed by atoms with Gasteiger partial charge in [0.15, 0.2) is 28.3 Å². The average molecular weight is 523 g/mol. The molecule has 3 aromatic carbocycles. The second-order valence-electron chi connectivity index (χ2n) is 8.38. The van der Waals surface area contributed by atoms with E-state index in [0.717, 1.165) is 33.9 Å². The normalized spacial score (nSPS) is 17.0. The maximum atomic E-state index is 13.8. The van der Waals surface area contributed by atoms with Gasteiger partial charge in [-0.05, 0) is 36.8 Å². The van der Waals surface area contributed by atoms with Crippen LogP contribution in [0.3, 0.4) is 0 Å². The number of ketones is 1. The highest BCUT2D eigenvalue weighted by Gasteiger charge is 2.48. The molecule has 0 radical (unpaired) electrons. The van der Waals surface area contributed by atoms with E-state index in [0.29, 0.717) is 21.8 Å². The molecule has 7 nitrogen and oxygen atoms in total. The molecule has 1 fully saturated rings. The summed E-state index contributed by atoms with van der Waals surface area (Å²) in [6.07, 6.45) is 0. The van der Waals surface area contributed by atoms with E-state index in [1.165, 1.54) is 20.3 Å². The molecule has 0 saturated carbocycles. The number of aromatic nitrogens is 1. The predicted molar refractivity (Wildman–Crippen MR) is 135 cm³/mol. The lowest BCUT2D eigenvalue weighted by molar-refractivity contribution is -0.132. The number of halogens is 2. The maximum absolute atomic E-state index is 13.8. The van der Waals surface area contributed by atoms with Crippen LogP contribution in [0.15, 0.2) is 60.2 Å². The number of aryl methyl sites for hydroxylation is 1. The molecule has 37 heavy (non-hydrogen) atoms. The van der Waals surface area contributed by atoms with Crippen molar-refractivity contribution in [2.75, 3.05) is 19.1 Å². The number of aliphatic hydroxyl groups excluding tert-OH is 1. The van der Waals surface area contributed by atoms with Crippen LogP contribution < -0.4 is 14.4 Å². The number of thiazole rings is 1. The van der Waals surface area contributed by atoms with Gasteiger partial charge in [-0.3, -0.25) is 14.5 Å². The monoisotopic (exact) mass is 522 g/mol. The minimum atomic E-state index is -1.07. The summed E-state index contributed by atoms with van der Waals surface area (Å²) in [5.74, 6) is -3.63. The molecule has 1 aromatic heterocycles. The number of methoxy groups -OCH3 is 2. The quantitative estimate of drug-likeness (QED) is 0.211. The molecule has 1 aliphatic heterocycles. The molecule has 0 aliphatic carbocycles. The fourth-order valence-electron chi connectivity index (χ4n) is 4.34. The molecule has 1 atom stereocenters. The van der Waals surface area contributed by atoms with E-state index in [-0.39, 0.29) is 21.8 Å². The van der Waals surface area contributed by atoms with Gasteiger partial charge in [0.2, 0.25) is 0 Å². The third-order valence-corrected chi connectivity index (χ3v) is 7.10. The average Bonchev–Trinajstić information content (AvgIpc) is 3.40. The highest BCUT2D eigenvalue weighted by Crippen LogP contribution is 2.45. The summed E-state index contributed by atoms with van der Waals surface area (Å²) in [5.41, 5.74) is 1.64. The van der Waals surface area contributed by atoms with E-state index < -0.39 is 35.1 Å². The summed E-state index contributed by atoms with van der Waals surface area (Å²) < 4.78 is 38.5. The largest absolute Gasteiger partial charge is 0.507 e. The molecule has 0 bridgehead atoms. The van der Waals surface area contributed by atoms with E-state index in [4.69, 9.17) is 9.47 Å². The number of aliphatic hydroxyl groups is 1. The molecular weight excluding hydrogens is 502 g/mol. The van der Waals surface area contributed by atoms with Crippen LogP contribution in [0.25, 0.3) is 16.0 Å². The molecule has 4 aromatic rings. The third-order valence-electron chi connectivity index (χ3n) is 6.08. The number of fused-ring (bicyclic) bond motifs is 1. The van der Waals surface area contributed by atoms with E-state index >= 15 is 0 Å². The first-order valence-corrected chi connectivity index (χ1v) is 11.9. The summed E-state index contributed by atoms with van der Waals surface area (Å²) in [6, 6.07) is 12.6. The first kappa shape index (κ1) is 24.4. The molecule has 1 N–H and O–H groups in total. The zero-order valence-electron chi connectivity index (χ0n) is 19.9. The number of ether oxygens (including phenoxy) is 2. The first-order valence-electron chi connectivity index (χ1n) is 11.1. The molecule has 5 rings (SSSR count). The van der Waals surface area contributed by atoms with Crippen LogP contribution in [-0.2, 0) is 9.59 Å². The van der Waals surface area contributed by atoms with Crippen molar-refractivity contribution in [2.45, 2.75) is 13.0 Å². The lowest BCUT2D eigenvalue weighted by Crippen LogP contribution is -2.29. The van der Waals surface area contributed by atoms with Crippen LogP contribution in [-0.4, -0.2) is 36.0 Å². The number of hydrogen-bond acceptors (Lipinski definition) is 7. The van der Waals surface area contributed by atoms with Gasteiger partial charge in [0.25, 0.3) is 5.78 Å². The smallest absolute Gasteiger partial charge is 0.301 e. The standard InChI is InChI=1S/C27H20F2N2O5S/c1-13-5-4-6-14(9-13)23-22(24(32)15-7-8-19(35-2)20(10-15)36-3)25(33)26(34)31(23)27-30-18-11-16(28)17(29)12-21(18)37-27/h4-12,23,32H,1-3H3/b24-22+. The molecule has 10 heteroatoms. The van der Waals surface area contributed by atoms with Crippen LogP contribution in [0.1, 0.15) is 22.7 Å². The highest BCUT2D eigenvalue weighted by atomic mass is 32.1. The van der Waals surface area contributed by atoms with E-state index in [1.807, 2.05) is 13.0 Å². The Morgan fingerprint density at radius 2 is 1.73 bits per heavy atom. The number of Topliss-reactive ketones (excluding diaryl/α,β-unsaturated/α-hetero) is 1. The molecule has 1 saturated heterocycles. The van der Waals surface area contributed by atoms with Gasteiger partial charge < -0.3 is 14.6 Å². The van der Waals surface area contributed by atoms with Gasteiger partial charge in [-0.1, -0.05) is 41.2 Å². The lowest BCUT2D eigenvalue weighted by atomic mass is 9.94. The van der Waals surface area contributed by atoms with Crippen LogP contribution in [0.4, 0.5) is 13.9 Å². The zero-order chi connectivity index (χ0) is 26.4. The second kappa shape index (κ2) is 9.29. The minimum Gasteiger partial charge on any atom is -0.507 e. The fourth-order valence-corrected chi connectivity index (χ4v) is 5.34. The summed E-state index contributed by atoms with van der Waals surface area (Å²) >= 11 is 0.941. The number of amides is 1. The zero-order valence-corrected chi connectivity index (χ0v) is 20.7. The van der Waals surface area contributed by atoms with Gasteiger partial charge in [0.05, 0.1) is 36.1 Å². The number of anilines is 1. The molecule has 0 spiro atoms. The molecule has 1 unspecified atom stereocenters. The minimum absolute atomic E-state index is 0.0694. The van der Waals surface area contributed by atoms with Crippen molar-refractivity contribution in [1.82, 2.24) is 4.98 Å². The summed E-state index contributed by atoms with van der Waals surface area (Å²) in [6.45, 7) is 1.85. The van der Waals surface area contributed by atoms with Gasteiger partial charge in [0, 0.05) is 11.6 Å². The van der Waals surface area contributed by atoms with Crippen LogP contribution in [0.2, 0.25) is 0 Å². The molecule has 2 heterocycles. The number of carbonyl (C=O) groups is 2. The van der Waals surface area contributed by atoms with Crippen LogP contribution in [0, 0.1) is 18.6 Å².